The van der Waals surface area contributed by atoms with Gasteiger partial charge in [0.1, 0.15) is 0 Å². The fourth-order valence-corrected chi connectivity index (χ4v) is 3.78. The zero-order chi connectivity index (χ0) is 15.1. The number of anilines is 1. The molecule has 2 nitrogen and oxygen atoms in total. The molecule has 0 saturated heterocycles. The molecule has 2 aromatic carbocycles. The van der Waals surface area contributed by atoms with Gasteiger partial charge in [0, 0.05) is 18.1 Å². The third-order valence-electron chi connectivity index (χ3n) is 3.52. The van der Waals surface area contributed by atoms with E-state index in [0.29, 0.717) is 0 Å². The highest BCUT2D eigenvalue weighted by Crippen LogP contribution is 2.48. The molecular formula is C18H26N2S. The zero-order valence-corrected chi connectivity index (χ0v) is 14.0. The second-order valence-corrected chi connectivity index (χ2v) is 9.49. The maximum absolute atomic E-state index is 3.61. The predicted molar refractivity (Wildman–Crippen MR) is 96.5 cm³/mol. The zero-order valence-electron chi connectivity index (χ0n) is 13.2. The van der Waals surface area contributed by atoms with E-state index >= 15 is 0 Å². The summed E-state index contributed by atoms with van der Waals surface area (Å²) in [6.07, 6.45) is 4.72. The first kappa shape index (κ1) is 15.9. The van der Waals surface area contributed by atoms with Gasteiger partial charge in [0.15, 0.2) is 0 Å². The fourth-order valence-electron chi connectivity index (χ4n) is 2.20. The molecule has 2 aromatic rings. The standard InChI is InChI=1S/C18H26N2S/c1-4-19-14-16-9-8-10-17(13-16)20-15-21(2,3)18-11-6-5-7-12-18/h5-13,19-20H,4,14-15H2,1-3H3. The maximum atomic E-state index is 3.61. The summed E-state index contributed by atoms with van der Waals surface area (Å²) in [5.41, 5.74) is 2.54. The average Bonchev–Trinajstić information content (AvgIpc) is 2.52. The first-order valence-electron chi connectivity index (χ1n) is 7.41. The van der Waals surface area contributed by atoms with Gasteiger partial charge in [-0.15, -0.1) is 0 Å². The Labute approximate surface area is 130 Å². The molecule has 2 N–H and O–H groups in total. The van der Waals surface area contributed by atoms with Crippen molar-refractivity contribution >= 4 is 15.7 Å². The molecule has 0 atom stereocenters. The molecular weight excluding hydrogens is 276 g/mol. The molecule has 3 heteroatoms. The van der Waals surface area contributed by atoms with Crippen molar-refractivity contribution in [2.45, 2.75) is 18.4 Å². The van der Waals surface area contributed by atoms with Crippen molar-refractivity contribution in [3.63, 3.8) is 0 Å². The Bertz CT molecular complexity index is 552. The molecule has 0 aromatic heterocycles. The van der Waals surface area contributed by atoms with Gasteiger partial charge < -0.3 is 10.6 Å². The Kier molecular flexibility index (Phi) is 5.71. The van der Waals surface area contributed by atoms with E-state index in [9.17, 15) is 0 Å². The van der Waals surface area contributed by atoms with Crippen molar-refractivity contribution in [1.82, 2.24) is 5.32 Å². The van der Waals surface area contributed by atoms with Crippen LogP contribution in [0, 0.1) is 0 Å². The van der Waals surface area contributed by atoms with E-state index in [4.69, 9.17) is 0 Å². The smallest absolute Gasteiger partial charge is 0.0490 e. The molecule has 0 heterocycles. The first-order chi connectivity index (χ1) is 10.1. The summed E-state index contributed by atoms with van der Waals surface area (Å²) < 4.78 is 0. The van der Waals surface area contributed by atoms with E-state index in [-0.39, 0.29) is 0 Å². The van der Waals surface area contributed by atoms with Crippen LogP contribution >= 0.6 is 10.0 Å². The van der Waals surface area contributed by atoms with E-state index in [2.05, 4.69) is 84.7 Å². The molecule has 0 aliphatic heterocycles. The van der Waals surface area contributed by atoms with Crippen molar-refractivity contribution in [2.75, 3.05) is 30.2 Å². The molecule has 0 bridgehead atoms. The van der Waals surface area contributed by atoms with Crippen LogP contribution in [0.5, 0.6) is 0 Å². The maximum Gasteiger partial charge on any atom is 0.0490 e. The lowest BCUT2D eigenvalue weighted by Gasteiger charge is -2.32. The third-order valence-corrected chi connectivity index (χ3v) is 5.94. The molecule has 0 aliphatic carbocycles. The summed E-state index contributed by atoms with van der Waals surface area (Å²) in [5, 5.41) is 6.98. The molecule has 0 amide bonds. The molecule has 0 spiro atoms. The SMILES string of the molecule is CCNCc1cccc(NCS(C)(C)c2ccccc2)c1. The van der Waals surface area contributed by atoms with E-state index in [0.717, 1.165) is 19.0 Å². The topological polar surface area (TPSA) is 24.1 Å². The molecule has 0 radical (unpaired) electrons. The minimum Gasteiger partial charge on any atom is -0.377 e. The highest BCUT2D eigenvalue weighted by molar-refractivity contribution is 8.32. The lowest BCUT2D eigenvalue weighted by atomic mass is 10.2. The van der Waals surface area contributed by atoms with Crippen molar-refractivity contribution in [2.24, 2.45) is 0 Å². The number of rotatable bonds is 7. The molecule has 0 saturated carbocycles. The Hall–Kier alpha value is -1.45. The molecule has 0 unspecified atom stereocenters. The Morgan fingerprint density at radius 3 is 2.43 bits per heavy atom. The van der Waals surface area contributed by atoms with Crippen LogP contribution in [0.4, 0.5) is 5.69 Å². The van der Waals surface area contributed by atoms with Gasteiger partial charge in [0.25, 0.3) is 0 Å². The quantitative estimate of drug-likeness (QED) is 0.797. The van der Waals surface area contributed by atoms with Crippen molar-refractivity contribution in [3.05, 3.63) is 60.2 Å². The van der Waals surface area contributed by atoms with Gasteiger partial charge in [-0.1, -0.05) is 49.4 Å². The van der Waals surface area contributed by atoms with Gasteiger partial charge in [-0.25, -0.2) is 10.0 Å². The van der Waals surface area contributed by atoms with E-state index in [1.807, 2.05) is 0 Å². The van der Waals surface area contributed by atoms with Gasteiger partial charge in [-0.2, -0.15) is 0 Å². The van der Waals surface area contributed by atoms with Crippen LogP contribution in [-0.4, -0.2) is 24.9 Å². The Balaban J connectivity index is 1.99. The van der Waals surface area contributed by atoms with Crippen LogP contribution in [0.2, 0.25) is 0 Å². The van der Waals surface area contributed by atoms with E-state index < -0.39 is 10.0 Å². The Morgan fingerprint density at radius 2 is 1.71 bits per heavy atom. The summed E-state index contributed by atoms with van der Waals surface area (Å²) in [5.74, 6) is 1.00. The van der Waals surface area contributed by atoms with Gasteiger partial charge in [0.2, 0.25) is 0 Å². The van der Waals surface area contributed by atoms with Crippen molar-refractivity contribution < 1.29 is 0 Å². The summed E-state index contributed by atoms with van der Waals surface area (Å²) >= 11 is 0. The molecule has 21 heavy (non-hydrogen) atoms. The molecule has 0 fully saturated rings. The van der Waals surface area contributed by atoms with Crippen LogP contribution in [0.1, 0.15) is 12.5 Å². The highest BCUT2D eigenvalue weighted by atomic mass is 32.3. The Morgan fingerprint density at radius 1 is 0.952 bits per heavy atom. The van der Waals surface area contributed by atoms with Gasteiger partial charge in [-0.05, 0) is 41.6 Å². The summed E-state index contributed by atoms with van der Waals surface area (Å²) in [4.78, 5) is 1.45. The van der Waals surface area contributed by atoms with Gasteiger partial charge in [0.05, 0.1) is 0 Å². The summed E-state index contributed by atoms with van der Waals surface area (Å²) in [6.45, 7) is 4.07. The largest absolute Gasteiger partial charge is 0.377 e. The van der Waals surface area contributed by atoms with Crippen LogP contribution in [0.25, 0.3) is 0 Å². The van der Waals surface area contributed by atoms with Crippen molar-refractivity contribution in [1.29, 1.82) is 0 Å². The average molecular weight is 302 g/mol. The minimum absolute atomic E-state index is 0.815. The normalized spacial score (nSPS) is 12.1. The second kappa shape index (κ2) is 7.53. The van der Waals surface area contributed by atoms with Gasteiger partial charge >= 0.3 is 0 Å². The van der Waals surface area contributed by atoms with E-state index in [1.165, 1.54) is 16.1 Å². The molecule has 0 aliphatic rings. The second-order valence-electron chi connectivity index (χ2n) is 5.65. The van der Waals surface area contributed by atoms with Crippen LogP contribution in [-0.2, 0) is 6.54 Å². The number of hydrogen-bond acceptors (Lipinski definition) is 2. The highest BCUT2D eigenvalue weighted by Gasteiger charge is 2.13. The van der Waals surface area contributed by atoms with Crippen LogP contribution < -0.4 is 10.6 Å². The minimum atomic E-state index is -0.815. The molecule has 2 rings (SSSR count). The lowest BCUT2D eigenvalue weighted by molar-refractivity contribution is 0.727. The van der Waals surface area contributed by atoms with Gasteiger partial charge in [-0.3, -0.25) is 0 Å². The third kappa shape index (κ3) is 4.80. The fraction of sp³-hybridized carbons (Fsp3) is 0.333. The lowest BCUT2D eigenvalue weighted by Crippen LogP contribution is -2.13. The number of nitrogens with one attached hydrogen (secondary N) is 2. The van der Waals surface area contributed by atoms with E-state index in [1.54, 1.807) is 0 Å². The van der Waals surface area contributed by atoms with Crippen LogP contribution in [0.3, 0.4) is 0 Å². The number of hydrogen-bond donors (Lipinski definition) is 2. The number of benzene rings is 2. The molecule has 114 valence electrons. The first-order valence-corrected chi connectivity index (χ1v) is 10.0. The summed E-state index contributed by atoms with van der Waals surface area (Å²) in [6, 6.07) is 19.5. The van der Waals surface area contributed by atoms with Crippen LogP contribution in [0.15, 0.2) is 59.5 Å². The van der Waals surface area contributed by atoms with Crippen molar-refractivity contribution in [3.8, 4) is 0 Å². The summed E-state index contributed by atoms with van der Waals surface area (Å²) in [7, 11) is -0.815. The predicted octanol–water partition coefficient (Wildman–Crippen LogP) is 4.29. The monoisotopic (exact) mass is 302 g/mol.